The number of alkyl carbamates (subject to hydrolysis) is 1. The SMILES string of the molecule is CC(C)(C)OC(=O)NC(C(=O)O)C(C)(C)c1ccc(-c2ccccc2)cc1. The van der Waals surface area contributed by atoms with Gasteiger partial charge in [-0.05, 0) is 37.5 Å². The molecule has 2 aromatic carbocycles. The van der Waals surface area contributed by atoms with Gasteiger partial charge < -0.3 is 15.2 Å². The van der Waals surface area contributed by atoms with Crippen molar-refractivity contribution in [3.05, 3.63) is 60.2 Å². The highest BCUT2D eigenvalue weighted by atomic mass is 16.6. The highest BCUT2D eigenvalue weighted by molar-refractivity contribution is 5.82. The summed E-state index contributed by atoms with van der Waals surface area (Å²) in [6.45, 7) is 8.78. The monoisotopic (exact) mass is 369 g/mol. The lowest BCUT2D eigenvalue weighted by Gasteiger charge is -2.33. The molecule has 2 aromatic rings. The van der Waals surface area contributed by atoms with Crippen molar-refractivity contribution in [1.29, 1.82) is 0 Å². The molecule has 0 heterocycles. The van der Waals surface area contributed by atoms with E-state index in [1.54, 1.807) is 34.6 Å². The summed E-state index contributed by atoms with van der Waals surface area (Å²) in [5.74, 6) is -1.11. The Morgan fingerprint density at radius 3 is 1.89 bits per heavy atom. The Balaban J connectivity index is 2.25. The average molecular weight is 369 g/mol. The number of hydrogen-bond acceptors (Lipinski definition) is 3. The van der Waals surface area contributed by atoms with Gasteiger partial charge in [-0.25, -0.2) is 9.59 Å². The Kier molecular flexibility index (Phi) is 5.94. The third-order valence-corrected chi connectivity index (χ3v) is 4.37. The summed E-state index contributed by atoms with van der Waals surface area (Å²) in [5.41, 5.74) is 1.41. The third kappa shape index (κ3) is 5.33. The van der Waals surface area contributed by atoms with E-state index in [0.717, 1.165) is 16.7 Å². The van der Waals surface area contributed by atoms with Crippen molar-refractivity contribution < 1.29 is 19.4 Å². The van der Waals surface area contributed by atoms with Crippen molar-refractivity contribution in [2.24, 2.45) is 0 Å². The largest absolute Gasteiger partial charge is 0.480 e. The summed E-state index contributed by atoms with van der Waals surface area (Å²) in [7, 11) is 0. The fraction of sp³-hybridized carbons (Fsp3) is 0.364. The van der Waals surface area contributed by atoms with E-state index in [-0.39, 0.29) is 0 Å². The van der Waals surface area contributed by atoms with Gasteiger partial charge in [0.2, 0.25) is 0 Å². The Morgan fingerprint density at radius 1 is 0.889 bits per heavy atom. The van der Waals surface area contributed by atoms with Crippen LogP contribution in [0.1, 0.15) is 40.2 Å². The van der Waals surface area contributed by atoms with Crippen LogP contribution in [0.4, 0.5) is 4.79 Å². The van der Waals surface area contributed by atoms with Gasteiger partial charge in [-0.1, -0.05) is 68.4 Å². The number of nitrogens with one attached hydrogen (secondary N) is 1. The van der Waals surface area contributed by atoms with Crippen molar-refractivity contribution in [3.63, 3.8) is 0 Å². The molecule has 0 aliphatic carbocycles. The molecule has 2 N–H and O–H groups in total. The van der Waals surface area contributed by atoms with Gasteiger partial charge in [-0.2, -0.15) is 0 Å². The summed E-state index contributed by atoms with van der Waals surface area (Å²) in [5, 5.41) is 12.2. The molecule has 0 saturated heterocycles. The first-order valence-corrected chi connectivity index (χ1v) is 8.89. The number of hydrogen-bond donors (Lipinski definition) is 2. The lowest BCUT2D eigenvalue weighted by molar-refractivity contribution is -0.141. The molecule has 0 aliphatic rings. The highest BCUT2D eigenvalue weighted by Crippen LogP contribution is 2.30. The first-order valence-electron chi connectivity index (χ1n) is 8.89. The fourth-order valence-electron chi connectivity index (χ4n) is 2.87. The maximum Gasteiger partial charge on any atom is 0.408 e. The number of aliphatic carboxylic acids is 1. The van der Waals surface area contributed by atoms with E-state index in [2.05, 4.69) is 5.32 Å². The van der Waals surface area contributed by atoms with E-state index in [1.165, 1.54) is 0 Å². The Morgan fingerprint density at radius 2 is 1.41 bits per heavy atom. The fourth-order valence-corrected chi connectivity index (χ4v) is 2.87. The van der Waals surface area contributed by atoms with Gasteiger partial charge in [0.05, 0.1) is 0 Å². The van der Waals surface area contributed by atoms with Gasteiger partial charge in [0.1, 0.15) is 11.6 Å². The Hall–Kier alpha value is -2.82. The van der Waals surface area contributed by atoms with E-state index in [0.29, 0.717) is 0 Å². The molecule has 1 amide bonds. The number of amides is 1. The van der Waals surface area contributed by atoms with Crippen molar-refractivity contribution in [3.8, 4) is 11.1 Å². The first-order chi connectivity index (χ1) is 12.5. The van der Waals surface area contributed by atoms with Gasteiger partial charge in [0, 0.05) is 5.41 Å². The molecule has 0 bridgehead atoms. The Labute approximate surface area is 160 Å². The molecule has 0 aromatic heterocycles. The van der Waals surface area contributed by atoms with E-state index in [1.807, 2.05) is 54.6 Å². The molecule has 144 valence electrons. The van der Waals surface area contributed by atoms with Crippen molar-refractivity contribution in [1.82, 2.24) is 5.32 Å². The van der Waals surface area contributed by atoms with Gasteiger partial charge in [0.25, 0.3) is 0 Å². The molecule has 1 unspecified atom stereocenters. The lowest BCUT2D eigenvalue weighted by atomic mass is 9.77. The number of carboxylic acids is 1. The number of ether oxygens (including phenoxy) is 1. The maximum atomic E-state index is 12.1. The van der Waals surface area contributed by atoms with Crippen LogP contribution < -0.4 is 5.32 Å². The molecule has 0 aliphatic heterocycles. The van der Waals surface area contributed by atoms with Crippen LogP contribution in [-0.4, -0.2) is 28.8 Å². The molecule has 5 heteroatoms. The van der Waals surface area contributed by atoms with Crippen LogP contribution in [0.3, 0.4) is 0 Å². The number of rotatable bonds is 5. The van der Waals surface area contributed by atoms with Crippen molar-refractivity contribution in [2.45, 2.75) is 51.7 Å². The molecule has 0 saturated carbocycles. The van der Waals surface area contributed by atoms with Crippen LogP contribution in [0.15, 0.2) is 54.6 Å². The van der Waals surface area contributed by atoms with Crippen LogP contribution in [0.25, 0.3) is 11.1 Å². The van der Waals surface area contributed by atoms with E-state index >= 15 is 0 Å². The van der Waals surface area contributed by atoms with Crippen LogP contribution in [0.2, 0.25) is 0 Å². The summed E-state index contributed by atoms with van der Waals surface area (Å²) < 4.78 is 5.21. The topological polar surface area (TPSA) is 75.6 Å². The molecular formula is C22H27NO4. The zero-order chi connectivity index (χ0) is 20.2. The smallest absolute Gasteiger partial charge is 0.408 e. The highest BCUT2D eigenvalue weighted by Gasteiger charge is 2.39. The average Bonchev–Trinajstić information content (AvgIpc) is 2.58. The zero-order valence-electron chi connectivity index (χ0n) is 16.4. The number of carbonyl (C=O) groups excluding carboxylic acids is 1. The minimum Gasteiger partial charge on any atom is -0.480 e. The molecule has 27 heavy (non-hydrogen) atoms. The van der Waals surface area contributed by atoms with Gasteiger partial charge in [0.15, 0.2) is 0 Å². The standard InChI is InChI=1S/C22H27NO4/c1-21(2,3)27-20(26)23-18(19(24)25)22(4,5)17-13-11-16(12-14-17)15-9-7-6-8-10-15/h6-14,18H,1-5H3,(H,23,26)(H,24,25). The minimum atomic E-state index is -1.13. The Bertz CT molecular complexity index is 789. The van der Waals surface area contributed by atoms with E-state index in [9.17, 15) is 14.7 Å². The second kappa shape index (κ2) is 7.82. The predicted octanol–water partition coefficient (Wildman–Crippen LogP) is 4.61. The maximum absolute atomic E-state index is 12.1. The van der Waals surface area contributed by atoms with Crippen LogP contribution in [0, 0.1) is 0 Å². The third-order valence-electron chi connectivity index (χ3n) is 4.37. The number of benzene rings is 2. The molecule has 0 radical (unpaired) electrons. The van der Waals surface area contributed by atoms with E-state index in [4.69, 9.17) is 4.74 Å². The second-order valence-corrected chi connectivity index (χ2v) is 8.08. The molecular weight excluding hydrogens is 342 g/mol. The molecule has 0 fully saturated rings. The van der Waals surface area contributed by atoms with Crippen molar-refractivity contribution in [2.75, 3.05) is 0 Å². The molecule has 2 rings (SSSR count). The molecule has 5 nitrogen and oxygen atoms in total. The van der Waals surface area contributed by atoms with Gasteiger partial charge >= 0.3 is 12.1 Å². The summed E-state index contributed by atoms with van der Waals surface area (Å²) in [4.78, 5) is 23.9. The van der Waals surface area contributed by atoms with Crippen LogP contribution >= 0.6 is 0 Å². The lowest BCUT2D eigenvalue weighted by Crippen LogP contribution is -2.53. The number of carbonyl (C=O) groups is 2. The normalized spacial score (nSPS) is 12.9. The van der Waals surface area contributed by atoms with Crippen molar-refractivity contribution >= 4 is 12.1 Å². The summed E-state index contributed by atoms with van der Waals surface area (Å²) in [6, 6.07) is 16.5. The first kappa shape index (κ1) is 20.5. The van der Waals surface area contributed by atoms with Crippen LogP contribution in [-0.2, 0) is 14.9 Å². The van der Waals surface area contributed by atoms with Gasteiger partial charge in [-0.3, -0.25) is 0 Å². The minimum absolute atomic E-state index is 0.700. The summed E-state index contributed by atoms with van der Waals surface area (Å²) in [6.07, 6.45) is -0.746. The predicted molar refractivity (Wildman–Crippen MR) is 106 cm³/mol. The number of carboxylic acid groups (broad SMARTS) is 1. The van der Waals surface area contributed by atoms with E-state index < -0.39 is 29.1 Å². The summed E-state index contributed by atoms with van der Waals surface area (Å²) >= 11 is 0. The quantitative estimate of drug-likeness (QED) is 0.807. The molecule has 1 atom stereocenters. The second-order valence-electron chi connectivity index (χ2n) is 8.08. The van der Waals surface area contributed by atoms with Gasteiger partial charge in [-0.15, -0.1) is 0 Å². The van der Waals surface area contributed by atoms with Crippen LogP contribution in [0.5, 0.6) is 0 Å². The molecule has 0 spiro atoms. The zero-order valence-corrected chi connectivity index (χ0v) is 16.4.